The molecule has 2 saturated heterocycles. The average Bonchev–Trinajstić information content (AvgIpc) is 3.07. The molecule has 1 aromatic heterocycles. The van der Waals surface area contributed by atoms with Crippen molar-refractivity contribution in [2.75, 3.05) is 26.7 Å². The standard InChI is InChI=1S/C21H25N3O2/c1-16-7-6-10-19(22-16)20(25)24-14-21(15-24)11-18(13-26-21)23(2)12-17-8-4-3-5-9-17/h3-10,18H,11-15H2,1-2H3. The van der Waals surface area contributed by atoms with Crippen molar-refractivity contribution < 1.29 is 9.53 Å². The number of pyridine rings is 1. The van der Waals surface area contributed by atoms with Crippen molar-refractivity contribution in [3.05, 3.63) is 65.5 Å². The molecule has 1 amide bonds. The summed E-state index contributed by atoms with van der Waals surface area (Å²) in [7, 11) is 2.15. The van der Waals surface area contributed by atoms with Crippen molar-refractivity contribution in [1.29, 1.82) is 0 Å². The quantitative estimate of drug-likeness (QED) is 0.849. The normalized spacial score (nSPS) is 21.2. The first-order valence-corrected chi connectivity index (χ1v) is 9.16. The predicted molar refractivity (Wildman–Crippen MR) is 99.9 cm³/mol. The van der Waals surface area contributed by atoms with Gasteiger partial charge in [0.1, 0.15) is 11.3 Å². The Kier molecular flexibility index (Phi) is 4.51. The molecule has 0 radical (unpaired) electrons. The van der Waals surface area contributed by atoms with Crippen LogP contribution in [0.15, 0.2) is 48.5 Å². The smallest absolute Gasteiger partial charge is 0.272 e. The molecule has 0 bridgehead atoms. The average molecular weight is 351 g/mol. The maximum atomic E-state index is 12.6. The zero-order valence-corrected chi connectivity index (χ0v) is 15.4. The van der Waals surface area contributed by atoms with E-state index in [1.54, 1.807) is 6.07 Å². The van der Waals surface area contributed by atoms with Crippen LogP contribution in [0.3, 0.4) is 0 Å². The van der Waals surface area contributed by atoms with Crippen molar-refractivity contribution >= 4 is 5.91 Å². The van der Waals surface area contributed by atoms with Crippen LogP contribution in [0.2, 0.25) is 0 Å². The van der Waals surface area contributed by atoms with E-state index in [-0.39, 0.29) is 11.5 Å². The van der Waals surface area contributed by atoms with E-state index in [2.05, 4.69) is 41.2 Å². The molecule has 5 heteroatoms. The summed E-state index contributed by atoms with van der Waals surface area (Å²) in [6.45, 7) is 4.88. The van der Waals surface area contributed by atoms with Crippen LogP contribution < -0.4 is 0 Å². The Labute approximate surface area is 154 Å². The molecule has 0 saturated carbocycles. The highest BCUT2D eigenvalue weighted by Crippen LogP contribution is 2.37. The van der Waals surface area contributed by atoms with Gasteiger partial charge in [0.25, 0.3) is 5.91 Å². The molecule has 1 aromatic carbocycles. The first kappa shape index (κ1) is 17.2. The first-order valence-electron chi connectivity index (χ1n) is 9.16. The molecule has 2 aromatic rings. The van der Waals surface area contributed by atoms with E-state index in [1.165, 1.54) is 5.56 Å². The third-order valence-electron chi connectivity index (χ3n) is 5.44. The number of hydrogen-bond acceptors (Lipinski definition) is 4. The van der Waals surface area contributed by atoms with Crippen molar-refractivity contribution in [2.45, 2.75) is 31.5 Å². The van der Waals surface area contributed by atoms with Crippen LogP contribution in [-0.2, 0) is 11.3 Å². The molecule has 1 spiro atoms. The number of aryl methyl sites for hydroxylation is 1. The molecule has 1 atom stereocenters. The van der Waals surface area contributed by atoms with Crippen LogP contribution in [0.1, 0.15) is 28.2 Å². The number of hydrogen-bond donors (Lipinski definition) is 0. The van der Waals surface area contributed by atoms with Crippen LogP contribution in [0.5, 0.6) is 0 Å². The van der Waals surface area contributed by atoms with Gasteiger partial charge in [-0.05, 0) is 38.1 Å². The topological polar surface area (TPSA) is 45.7 Å². The molecule has 26 heavy (non-hydrogen) atoms. The summed E-state index contributed by atoms with van der Waals surface area (Å²) in [5.74, 6) is 0.00372. The van der Waals surface area contributed by atoms with Crippen molar-refractivity contribution in [2.24, 2.45) is 0 Å². The van der Waals surface area contributed by atoms with Gasteiger partial charge in [-0.3, -0.25) is 9.69 Å². The summed E-state index contributed by atoms with van der Waals surface area (Å²) in [6, 6.07) is 16.5. The highest BCUT2D eigenvalue weighted by Gasteiger charge is 2.52. The molecular formula is C21H25N3O2. The van der Waals surface area contributed by atoms with Crippen LogP contribution in [0.4, 0.5) is 0 Å². The molecular weight excluding hydrogens is 326 g/mol. The van der Waals surface area contributed by atoms with Crippen molar-refractivity contribution in [1.82, 2.24) is 14.8 Å². The van der Waals surface area contributed by atoms with Gasteiger partial charge < -0.3 is 9.64 Å². The Bertz CT molecular complexity index is 787. The Morgan fingerprint density at radius 1 is 1.23 bits per heavy atom. The zero-order chi connectivity index (χ0) is 18.1. The Hall–Kier alpha value is -2.24. The van der Waals surface area contributed by atoms with Gasteiger partial charge in [0.15, 0.2) is 0 Å². The lowest BCUT2D eigenvalue weighted by molar-refractivity contribution is -0.0952. The Morgan fingerprint density at radius 2 is 2.00 bits per heavy atom. The molecule has 3 heterocycles. The van der Waals surface area contributed by atoms with E-state index in [1.807, 2.05) is 30.0 Å². The van der Waals surface area contributed by atoms with Crippen LogP contribution in [0, 0.1) is 6.92 Å². The van der Waals surface area contributed by atoms with Gasteiger partial charge in [-0.25, -0.2) is 4.98 Å². The summed E-state index contributed by atoms with van der Waals surface area (Å²) < 4.78 is 6.13. The maximum absolute atomic E-state index is 12.6. The molecule has 2 aliphatic rings. The minimum absolute atomic E-state index is 0.00372. The van der Waals surface area contributed by atoms with Gasteiger partial charge in [-0.15, -0.1) is 0 Å². The molecule has 0 N–H and O–H groups in total. The monoisotopic (exact) mass is 351 g/mol. The van der Waals surface area contributed by atoms with E-state index >= 15 is 0 Å². The third-order valence-corrected chi connectivity index (χ3v) is 5.44. The van der Waals surface area contributed by atoms with Gasteiger partial charge in [-0.1, -0.05) is 36.4 Å². The molecule has 4 rings (SSSR count). The second-order valence-electron chi connectivity index (χ2n) is 7.58. The summed E-state index contributed by atoms with van der Waals surface area (Å²) in [5.41, 5.74) is 2.53. The number of aromatic nitrogens is 1. The fourth-order valence-corrected chi connectivity index (χ4v) is 3.94. The lowest BCUT2D eigenvalue weighted by Crippen LogP contribution is -2.63. The Balaban J connectivity index is 1.33. The lowest BCUT2D eigenvalue weighted by atomic mass is 9.88. The summed E-state index contributed by atoms with van der Waals surface area (Å²) in [4.78, 5) is 21.1. The molecule has 1 unspecified atom stereocenters. The summed E-state index contributed by atoms with van der Waals surface area (Å²) in [5, 5.41) is 0. The third kappa shape index (κ3) is 3.37. The van der Waals surface area contributed by atoms with E-state index in [0.717, 1.165) is 25.3 Å². The number of nitrogens with zero attached hydrogens (tertiary/aromatic N) is 3. The number of likely N-dealkylation sites (N-methyl/N-ethyl adjacent to an activating group) is 1. The van der Waals surface area contributed by atoms with Crippen molar-refractivity contribution in [3.8, 4) is 0 Å². The molecule has 136 valence electrons. The van der Waals surface area contributed by atoms with Crippen LogP contribution in [0.25, 0.3) is 0 Å². The number of carbonyl (C=O) groups excluding carboxylic acids is 1. The predicted octanol–water partition coefficient (Wildman–Crippen LogP) is 2.51. The number of benzene rings is 1. The van der Waals surface area contributed by atoms with Gasteiger partial charge in [0.2, 0.25) is 0 Å². The molecule has 0 aliphatic carbocycles. The van der Waals surface area contributed by atoms with E-state index in [0.29, 0.717) is 24.8 Å². The highest BCUT2D eigenvalue weighted by molar-refractivity contribution is 5.93. The van der Waals surface area contributed by atoms with Crippen LogP contribution >= 0.6 is 0 Å². The Morgan fingerprint density at radius 3 is 2.73 bits per heavy atom. The van der Waals surface area contributed by atoms with Gasteiger partial charge in [0.05, 0.1) is 19.7 Å². The van der Waals surface area contributed by atoms with Crippen molar-refractivity contribution in [3.63, 3.8) is 0 Å². The summed E-state index contributed by atoms with van der Waals surface area (Å²) in [6.07, 6.45) is 0.974. The van der Waals surface area contributed by atoms with E-state index in [9.17, 15) is 4.79 Å². The van der Waals surface area contributed by atoms with Gasteiger partial charge in [0, 0.05) is 18.3 Å². The number of amides is 1. The first-order chi connectivity index (χ1) is 12.5. The molecule has 2 aliphatic heterocycles. The molecule has 5 nitrogen and oxygen atoms in total. The fraction of sp³-hybridized carbons (Fsp3) is 0.429. The minimum atomic E-state index is -0.172. The van der Waals surface area contributed by atoms with Gasteiger partial charge in [-0.2, -0.15) is 0 Å². The van der Waals surface area contributed by atoms with E-state index < -0.39 is 0 Å². The van der Waals surface area contributed by atoms with Gasteiger partial charge >= 0.3 is 0 Å². The summed E-state index contributed by atoms with van der Waals surface area (Å²) >= 11 is 0. The maximum Gasteiger partial charge on any atom is 0.272 e. The highest BCUT2D eigenvalue weighted by atomic mass is 16.5. The molecule has 2 fully saturated rings. The number of ether oxygens (including phenoxy) is 1. The lowest BCUT2D eigenvalue weighted by Gasteiger charge is -2.47. The second-order valence-corrected chi connectivity index (χ2v) is 7.58. The zero-order valence-electron chi connectivity index (χ0n) is 15.4. The largest absolute Gasteiger partial charge is 0.370 e. The minimum Gasteiger partial charge on any atom is -0.370 e. The van der Waals surface area contributed by atoms with E-state index in [4.69, 9.17) is 4.74 Å². The second kappa shape index (κ2) is 6.82. The number of carbonyl (C=O) groups is 1. The van der Waals surface area contributed by atoms with Crippen LogP contribution in [-0.4, -0.2) is 59.1 Å². The number of likely N-dealkylation sites (tertiary alicyclic amines) is 1. The number of rotatable bonds is 4. The SMILES string of the molecule is Cc1cccc(C(=O)N2CC3(CC(N(C)Cc4ccccc4)CO3)C2)n1. The fourth-order valence-electron chi connectivity index (χ4n) is 3.94.